The average molecular weight is 259 g/mol. The molecule has 3 rings (SSSR count). The molecule has 1 amide bonds. The van der Waals surface area contributed by atoms with Crippen molar-refractivity contribution in [3.63, 3.8) is 0 Å². The molecule has 2 aromatic rings. The predicted molar refractivity (Wildman–Crippen MR) is 71.8 cm³/mol. The van der Waals surface area contributed by atoms with Gasteiger partial charge in [0.15, 0.2) is 5.58 Å². The van der Waals surface area contributed by atoms with Crippen molar-refractivity contribution in [1.82, 2.24) is 15.4 Å². The summed E-state index contributed by atoms with van der Waals surface area (Å²) in [4.78, 5) is 14.3. The maximum absolute atomic E-state index is 12.3. The van der Waals surface area contributed by atoms with Crippen molar-refractivity contribution in [2.45, 2.75) is 19.4 Å². The molecule has 5 heteroatoms. The highest BCUT2D eigenvalue weighted by molar-refractivity contribution is 5.86. The van der Waals surface area contributed by atoms with E-state index in [-0.39, 0.29) is 5.91 Å². The monoisotopic (exact) mass is 259 g/mol. The molecule has 1 aromatic carbocycles. The predicted octanol–water partition coefficient (Wildman–Crippen LogP) is 1.19. The Kier molecular flexibility index (Phi) is 3.21. The third-order valence-electron chi connectivity index (χ3n) is 3.63. The van der Waals surface area contributed by atoms with Gasteiger partial charge >= 0.3 is 0 Å². The number of fused-ring (bicyclic) bond motifs is 1. The summed E-state index contributed by atoms with van der Waals surface area (Å²) in [5.41, 5.74) is 1.46. The molecule has 0 saturated carbocycles. The Morgan fingerprint density at radius 2 is 2.26 bits per heavy atom. The molecule has 0 atom stereocenters. The number of hydrogen-bond acceptors (Lipinski definition) is 4. The largest absolute Gasteiger partial charge is 0.356 e. The number of likely N-dealkylation sites (N-methyl/N-ethyl adjacent to an activating group) is 1. The second kappa shape index (κ2) is 5.01. The minimum Gasteiger partial charge on any atom is -0.356 e. The summed E-state index contributed by atoms with van der Waals surface area (Å²) >= 11 is 0. The summed E-state index contributed by atoms with van der Waals surface area (Å²) in [6.45, 7) is 4.52. The van der Waals surface area contributed by atoms with Crippen LogP contribution in [0.1, 0.15) is 12.6 Å². The number of aromatic nitrogens is 1. The Balaban J connectivity index is 1.78. The molecule has 0 bridgehead atoms. The lowest BCUT2D eigenvalue weighted by Gasteiger charge is -2.37. The first-order chi connectivity index (χ1) is 9.29. The second-order valence-corrected chi connectivity index (χ2v) is 4.79. The highest BCUT2D eigenvalue weighted by Gasteiger charge is 2.27. The van der Waals surface area contributed by atoms with Gasteiger partial charge in [0.25, 0.3) is 0 Å². The van der Waals surface area contributed by atoms with Crippen molar-refractivity contribution < 1.29 is 9.32 Å². The lowest BCUT2D eigenvalue weighted by atomic mass is 10.1. The van der Waals surface area contributed by atoms with Gasteiger partial charge in [-0.3, -0.25) is 4.79 Å². The minimum atomic E-state index is 0.119. The van der Waals surface area contributed by atoms with Crippen LogP contribution >= 0.6 is 0 Å². The summed E-state index contributed by atoms with van der Waals surface area (Å²) in [6.07, 6.45) is 0.307. The molecule has 1 aromatic heterocycles. The summed E-state index contributed by atoms with van der Waals surface area (Å²) < 4.78 is 5.23. The minimum absolute atomic E-state index is 0.119. The van der Waals surface area contributed by atoms with Gasteiger partial charge in [0.2, 0.25) is 5.91 Å². The smallest absolute Gasteiger partial charge is 0.229 e. The lowest BCUT2D eigenvalue weighted by molar-refractivity contribution is -0.133. The Bertz CT molecular complexity index is 589. The van der Waals surface area contributed by atoms with Crippen molar-refractivity contribution in [2.24, 2.45) is 0 Å². The van der Waals surface area contributed by atoms with E-state index in [0.29, 0.717) is 12.5 Å². The second-order valence-electron chi connectivity index (χ2n) is 4.79. The zero-order chi connectivity index (χ0) is 13.2. The molecule has 1 fully saturated rings. The number of benzene rings is 1. The van der Waals surface area contributed by atoms with Crippen LogP contribution in [0, 0.1) is 0 Å². The van der Waals surface area contributed by atoms with Gasteiger partial charge in [-0.15, -0.1) is 0 Å². The normalized spacial score (nSPS) is 15.4. The summed E-state index contributed by atoms with van der Waals surface area (Å²) in [7, 11) is 0. The SMILES string of the molecule is CCN(C(=O)Cc1noc2ccccc12)C1CNC1. The van der Waals surface area contributed by atoms with E-state index in [0.717, 1.165) is 36.3 Å². The highest BCUT2D eigenvalue weighted by atomic mass is 16.5. The zero-order valence-electron chi connectivity index (χ0n) is 10.9. The molecule has 1 aliphatic rings. The van der Waals surface area contributed by atoms with Gasteiger partial charge in [-0.2, -0.15) is 0 Å². The molecule has 0 radical (unpaired) electrons. The number of nitrogens with zero attached hydrogens (tertiary/aromatic N) is 2. The number of hydrogen-bond donors (Lipinski definition) is 1. The first kappa shape index (κ1) is 12.2. The van der Waals surface area contributed by atoms with Crippen LogP contribution in [0.15, 0.2) is 28.8 Å². The Hall–Kier alpha value is -1.88. The highest BCUT2D eigenvalue weighted by Crippen LogP contribution is 2.19. The molecule has 0 spiro atoms. The molecule has 0 unspecified atom stereocenters. The molecule has 1 aliphatic heterocycles. The van der Waals surface area contributed by atoms with E-state index >= 15 is 0 Å². The standard InChI is InChI=1S/C14H17N3O2/c1-2-17(10-8-15-9-10)14(18)7-12-11-5-3-4-6-13(11)19-16-12/h3-6,10,15H,2,7-9H2,1H3. The summed E-state index contributed by atoms with van der Waals surface area (Å²) in [5.74, 6) is 0.119. The fourth-order valence-corrected chi connectivity index (χ4v) is 2.44. The number of para-hydroxylation sites is 1. The summed E-state index contributed by atoms with van der Waals surface area (Å²) in [5, 5.41) is 8.14. The lowest BCUT2D eigenvalue weighted by Crippen LogP contribution is -2.59. The molecule has 2 heterocycles. The van der Waals surface area contributed by atoms with Crippen molar-refractivity contribution in [3.05, 3.63) is 30.0 Å². The van der Waals surface area contributed by atoms with Crippen LogP contribution < -0.4 is 5.32 Å². The molecule has 5 nitrogen and oxygen atoms in total. The van der Waals surface area contributed by atoms with Crippen molar-refractivity contribution >= 4 is 16.9 Å². The van der Waals surface area contributed by atoms with E-state index in [2.05, 4.69) is 10.5 Å². The van der Waals surface area contributed by atoms with Crippen molar-refractivity contribution in [3.8, 4) is 0 Å². The number of nitrogens with one attached hydrogen (secondary N) is 1. The van der Waals surface area contributed by atoms with Crippen molar-refractivity contribution in [1.29, 1.82) is 0 Å². The van der Waals surface area contributed by atoms with Crippen LogP contribution in [0.2, 0.25) is 0 Å². The molecule has 100 valence electrons. The summed E-state index contributed by atoms with van der Waals surface area (Å²) in [6, 6.07) is 7.97. The van der Waals surface area contributed by atoms with Gasteiger partial charge in [-0.05, 0) is 19.1 Å². The first-order valence-corrected chi connectivity index (χ1v) is 6.63. The van der Waals surface area contributed by atoms with Gasteiger partial charge in [0.05, 0.1) is 12.5 Å². The molecular weight excluding hydrogens is 242 g/mol. The van der Waals surface area contributed by atoms with E-state index in [1.54, 1.807) is 0 Å². The van der Waals surface area contributed by atoms with Gasteiger partial charge in [0, 0.05) is 25.0 Å². The number of carbonyl (C=O) groups excluding carboxylic acids is 1. The Labute approximate surface area is 111 Å². The Morgan fingerprint density at radius 3 is 2.95 bits per heavy atom. The molecular formula is C14H17N3O2. The Morgan fingerprint density at radius 1 is 1.47 bits per heavy atom. The van der Waals surface area contributed by atoms with Gasteiger partial charge < -0.3 is 14.7 Å². The van der Waals surface area contributed by atoms with Crippen LogP contribution in [-0.4, -0.2) is 41.6 Å². The van der Waals surface area contributed by atoms with Crippen LogP contribution in [0.25, 0.3) is 11.0 Å². The average Bonchev–Trinajstić information content (AvgIpc) is 2.77. The maximum Gasteiger partial charge on any atom is 0.229 e. The number of amides is 1. The van der Waals surface area contributed by atoms with E-state index < -0.39 is 0 Å². The number of rotatable bonds is 4. The zero-order valence-corrected chi connectivity index (χ0v) is 10.9. The van der Waals surface area contributed by atoms with Crippen LogP contribution in [0.4, 0.5) is 0 Å². The van der Waals surface area contributed by atoms with Crippen molar-refractivity contribution in [2.75, 3.05) is 19.6 Å². The topological polar surface area (TPSA) is 58.4 Å². The van der Waals surface area contributed by atoms with Crippen LogP contribution in [-0.2, 0) is 11.2 Å². The van der Waals surface area contributed by atoms with Crippen LogP contribution in [0.5, 0.6) is 0 Å². The first-order valence-electron chi connectivity index (χ1n) is 6.63. The fourth-order valence-electron chi connectivity index (χ4n) is 2.44. The van der Waals surface area contributed by atoms with E-state index in [1.165, 1.54) is 0 Å². The maximum atomic E-state index is 12.3. The number of carbonyl (C=O) groups is 1. The quantitative estimate of drug-likeness (QED) is 0.896. The van der Waals surface area contributed by atoms with E-state index in [9.17, 15) is 4.79 Å². The van der Waals surface area contributed by atoms with Gasteiger partial charge in [-0.1, -0.05) is 17.3 Å². The van der Waals surface area contributed by atoms with Gasteiger partial charge in [0.1, 0.15) is 5.69 Å². The van der Waals surface area contributed by atoms with Gasteiger partial charge in [-0.25, -0.2) is 0 Å². The van der Waals surface area contributed by atoms with Crippen LogP contribution in [0.3, 0.4) is 0 Å². The fraction of sp³-hybridized carbons (Fsp3) is 0.429. The third kappa shape index (κ3) is 2.21. The molecule has 1 saturated heterocycles. The van der Waals surface area contributed by atoms with E-state index in [1.807, 2.05) is 36.1 Å². The molecule has 1 N–H and O–H groups in total. The molecule has 0 aliphatic carbocycles. The van der Waals surface area contributed by atoms with E-state index in [4.69, 9.17) is 4.52 Å². The molecule has 19 heavy (non-hydrogen) atoms. The third-order valence-corrected chi connectivity index (χ3v) is 3.63.